The number of carbonyl (C=O) groups excluding carboxylic acids is 1. The van der Waals surface area contributed by atoms with Gasteiger partial charge >= 0.3 is 5.97 Å². The number of halogens is 1. The molecule has 1 aliphatic heterocycles. The first-order chi connectivity index (χ1) is 15.9. The number of hydrogen-bond acceptors (Lipinski definition) is 4. The molecule has 0 spiro atoms. The summed E-state index contributed by atoms with van der Waals surface area (Å²) in [4.78, 5) is 24.1. The number of carboxylic acid groups (broad SMARTS) is 1. The monoisotopic (exact) mass is 471 g/mol. The van der Waals surface area contributed by atoms with Crippen molar-refractivity contribution in [3.63, 3.8) is 0 Å². The van der Waals surface area contributed by atoms with Crippen molar-refractivity contribution in [3.8, 4) is 5.75 Å². The molecule has 1 fully saturated rings. The molecule has 0 aliphatic carbocycles. The van der Waals surface area contributed by atoms with E-state index in [9.17, 15) is 19.8 Å². The third-order valence-electron chi connectivity index (χ3n) is 5.97. The third-order valence-corrected chi connectivity index (χ3v) is 6.26. The molecular formula is C26H30ClNO5. The summed E-state index contributed by atoms with van der Waals surface area (Å²) < 4.78 is 5.47. The van der Waals surface area contributed by atoms with Gasteiger partial charge in [-0.25, -0.2) is 4.79 Å². The number of aromatic carboxylic acids is 1. The van der Waals surface area contributed by atoms with Gasteiger partial charge in [-0.2, -0.15) is 0 Å². The number of carbonyl (C=O) groups is 2. The molecule has 2 unspecified atom stereocenters. The Balaban J connectivity index is 1.67. The van der Waals surface area contributed by atoms with Crippen molar-refractivity contribution < 1.29 is 24.5 Å². The molecule has 2 aromatic carbocycles. The SMILES string of the molecule is C=Cc1cccc(C(CCCCc2cc(C(=O)O)cc(Cl)c2O)NC(=O)C2CCCOC2)c1. The molecule has 0 bridgehead atoms. The van der Waals surface area contributed by atoms with Gasteiger partial charge in [0.15, 0.2) is 0 Å². The highest BCUT2D eigenvalue weighted by Gasteiger charge is 2.24. The summed E-state index contributed by atoms with van der Waals surface area (Å²) in [5.41, 5.74) is 2.55. The Morgan fingerprint density at radius 2 is 2.09 bits per heavy atom. The zero-order valence-electron chi connectivity index (χ0n) is 18.6. The van der Waals surface area contributed by atoms with E-state index in [0.717, 1.165) is 30.4 Å². The Morgan fingerprint density at radius 3 is 2.79 bits per heavy atom. The second kappa shape index (κ2) is 11.9. The maximum atomic E-state index is 12.9. The first-order valence-corrected chi connectivity index (χ1v) is 11.6. The average molecular weight is 472 g/mol. The van der Waals surface area contributed by atoms with Crippen LogP contribution >= 0.6 is 11.6 Å². The minimum absolute atomic E-state index is 0.00212. The summed E-state index contributed by atoms with van der Waals surface area (Å²) >= 11 is 5.99. The maximum Gasteiger partial charge on any atom is 0.335 e. The van der Waals surface area contributed by atoms with Crippen molar-refractivity contribution in [3.05, 3.63) is 70.3 Å². The zero-order chi connectivity index (χ0) is 23.8. The van der Waals surface area contributed by atoms with E-state index in [0.29, 0.717) is 38.0 Å². The summed E-state index contributed by atoms with van der Waals surface area (Å²) in [6.07, 6.45) is 6.13. The number of nitrogens with one attached hydrogen (secondary N) is 1. The topological polar surface area (TPSA) is 95.9 Å². The minimum atomic E-state index is -1.09. The van der Waals surface area contributed by atoms with E-state index in [1.165, 1.54) is 12.1 Å². The highest BCUT2D eigenvalue weighted by Crippen LogP contribution is 2.31. The fourth-order valence-corrected chi connectivity index (χ4v) is 4.33. The van der Waals surface area contributed by atoms with Gasteiger partial charge in [-0.15, -0.1) is 0 Å². The second-order valence-electron chi connectivity index (χ2n) is 8.37. The fraction of sp³-hybridized carbons (Fsp3) is 0.385. The van der Waals surface area contributed by atoms with E-state index < -0.39 is 5.97 Å². The van der Waals surface area contributed by atoms with Crippen LogP contribution in [0.15, 0.2) is 43.0 Å². The number of carboxylic acids is 1. The van der Waals surface area contributed by atoms with Crippen molar-refractivity contribution >= 4 is 29.6 Å². The smallest absolute Gasteiger partial charge is 0.335 e. The number of hydrogen-bond donors (Lipinski definition) is 3. The van der Waals surface area contributed by atoms with Crippen LogP contribution in [0.3, 0.4) is 0 Å². The van der Waals surface area contributed by atoms with Gasteiger partial charge < -0.3 is 20.3 Å². The van der Waals surface area contributed by atoms with Crippen LogP contribution in [0.1, 0.15) is 65.2 Å². The van der Waals surface area contributed by atoms with Crippen LogP contribution in [0, 0.1) is 5.92 Å². The average Bonchev–Trinajstić information content (AvgIpc) is 2.83. The van der Waals surface area contributed by atoms with Crippen LogP contribution in [0.25, 0.3) is 6.08 Å². The van der Waals surface area contributed by atoms with Gasteiger partial charge in [-0.3, -0.25) is 4.79 Å². The first kappa shape index (κ1) is 24.8. The van der Waals surface area contributed by atoms with Gasteiger partial charge in [0.25, 0.3) is 0 Å². The number of benzene rings is 2. The van der Waals surface area contributed by atoms with E-state index in [-0.39, 0.29) is 34.2 Å². The van der Waals surface area contributed by atoms with Crippen molar-refractivity contribution in [2.75, 3.05) is 13.2 Å². The Labute approximate surface area is 199 Å². The molecule has 3 N–H and O–H groups in total. The van der Waals surface area contributed by atoms with E-state index in [2.05, 4.69) is 11.9 Å². The maximum absolute atomic E-state index is 12.9. The lowest BCUT2D eigenvalue weighted by atomic mass is 9.95. The predicted octanol–water partition coefficient (Wildman–Crippen LogP) is 5.38. The summed E-state index contributed by atoms with van der Waals surface area (Å²) in [7, 11) is 0. The molecule has 0 aromatic heterocycles. The summed E-state index contributed by atoms with van der Waals surface area (Å²) in [6, 6.07) is 10.5. The molecule has 1 amide bonds. The number of unbranched alkanes of at least 4 members (excludes halogenated alkanes) is 1. The molecule has 1 aliphatic rings. The Kier molecular flexibility index (Phi) is 8.92. The standard InChI is InChI=1S/C26H30ClNO5/c1-2-17-7-5-9-18(13-17)23(28-25(30)20-10-6-12-33-16-20)11-4-3-8-19-14-21(26(31)32)15-22(27)24(19)29/h2,5,7,9,13-15,20,23,29H,1,3-4,6,8,10-12,16H2,(H,28,30)(H,31,32). The molecule has 176 valence electrons. The highest BCUT2D eigenvalue weighted by atomic mass is 35.5. The van der Waals surface area contributed by atoms with Crippen LogP contribution in [0.2, 0.25) is 5.02 Å². The van der Waals surface area contributed by atoms with Crippen LogP contribution in [-0.2, 0) is 16.0 Å². The lowest BCUT2D eigenvalue weighted by molar-refractivity contribution is -0.129. The second-order valence-corrected chi connectivity index (χ2v) is 8.77. The Morgan fingerprint density at radius 1 is 1.27 bits per heavy atom. The van der Waals surface area contributed by atoms with Gasteiger partial charge in [-0.1, -0.05) is 48.9 Å². The van der Waals surface area contributed by atoms with Crippen molar-refractivity contribution in [2.45, 2.75) is 44.6 Å². The van der Waals surface area contributed by atoms with Crippen molar-refractivity contribution in [2.24, 2.45) is 5.92 Å². The molecule has 7 heteroatoms. The number of phenolic OH excluding ortho intramolecular Hbond substituents is 1. The van der Waals surface area contributed by atoms with E-state index in [1.54, 1.807) is 6.08 Å². The number of amides is 1. The van der Waals surface area contributed by atoms with Gasteiger partial charge in [0.1, 0.15) is 5.75 Å². The number of phenols is 1. The number of ether oxygens (including phenoxy) is 1. The van der Waals surface area contributed by atoms with E-state index >= 15 is 0 Å². The summed E-state index contributed by atoms with van der Waals surface area (Å²) in [5, 5.41) is 22.7. The van der Waals surface area contributed by atoms with Gasteiger partial charge in [0.2, 0.25) is 5.91 Å². The van der Waals surface area contributed by atoms with Gasteiger partial charge in [-0.05, 0) is 67.0 Å². The number of aromatic hydroxyl groups is 1. The predicted molar refractivity (Wildman–Crippen MR) is 129 cm³/mol. The molecule has 6 nitrogen and oxygen atoms in total. The summed E-state index contributed by atoms with van der Waals surface area (Å²) in [6.45, 7) is 4.98. The largest absolute Gasteiger partial charge is 0.506 e. The van der Waals surface area contributed by atoms with Crippen molar-refractivity contribution in [1.29, 1.82) is 0 Å². The highest BCUT2D eigenvalue weighted by molar-refractivity contribution is 6.32. The van der Waals surface area contributed by atoms with Crippen LogP contribution in [0.4, 0.5) is 0 Å². The fourth-order valence-electron chi connectivity index (χ4n) is 4.10. The van der Waals surface area contributed by atoms with E-state index in [4.69, 9.17) is 16.3 Å². The minimum Gasteiger partial charge on any atom is -0.506 e. The normalized spacial score (nSPS) is 16.7. The lowest BCUT2D eigenvalue weighted by Gasteiger charge is -2.26. The zero-order valence-corrected chi connectivity index (χ0v) is 19.3. The number of rotatable bonds is 10. The van der Waals surface area contributed by atoms with Crippen LogP contribution in [0.5, 0.6) is 5.75 Å². The molecule has 2 atom stereocenters. The summed E-state index contributed by atoms with van der Waals surface area (Å²) in [5.74, 6) is -1.30. The molecule has 1 heterocycles. The molecular weight excluding hydrogens is 442 g/mol. The van der Waals surface area contributed by atoms with E-state index in [1.807, 2.05) is 24.3 Å². The Hall–Kier alpha value is -2.83. The van der Waals surface area contributed by atoms with Crippen LogP contribution in [-0.4, -0.2) is 35.3 Å². The Bertz CT molecular complexity index is 1000. The van der Waals surface area contributed by atoms with Gasteiger partial charge in [0.05, 0.1) is 29.2 Å². The number of aryl methyl sites for hydroxylation is 1. The molecule has 2 aromatic rings. The third kappa shape index (κ3) is 6.83. The van der Waals surface area contributed by atoms with Crippen LogP contribution < -0.4 is 5.32 Å². The first-order valence-electron chi connectivity index (χ1n) is 11.2. The quantitative estimate of drug-likeness (QED) is 0.404. The van der Waals surface area contributed by atoms with Crippen molar-refractivity contribution in [1.82, 2.24) is 5.32 Å². The van der Waals surface area contributed by atoms with Gasteiger partial charge in [0, 0.05) is 6.61 Å². The molecule has 33 heavy (non-hydrogen) atoms. The molecule has 3 rings (SSSR count). The molecule has 0 saturated carbocycles. The molecule has 1 saturated heterocycles. The molecule has 0 radical (unpaired) electrons. The lowest BCUT2D eigenvalue weighted by Crippen LogP contribution is -2.37.